The van der Waals surface area contributed by atoms with Gasteiger partial charge in [-0.05, 0) is 29.7 Å². The number of hydrogen-bond donors (Lipinski definition) is 0. The minimum atomic E-state index is -1.25. The summed E-state index contributed by atoms with van der Waals surface area (Å²) in [4.78, 5) is 10.7. The Bertz CT molecular complexity index is 641. The molecule has 0 bridgehead atoms. The molecule has 2 aromatic rings. The van der Waals surface area contributed by atoms with Gasteiger partial charge in [0.1, 0.15) is 5.75 Å². The van der Waals surface area contributed by atoms with Gasteiger partial charge in [-0.2, -0.15) is 0 Å². The van der Waals surface area contributed by atoms with E-state index in [9.17, 15) is 9.90 Å². The number of alkyl halides is 1. The van der Waals surface area contributed by atoms with Gasteiger partial charge in [0.2, 0.25) is 0 Å². The van der Waals surface area contributed by atoms with Crippen LogP contribution < -0.4 is 39.4 Å². The van der Waals surface area contributed by atoms with Crippen LogP contribution in [0.25, 0.3) is 0 Å². The van der Waals surface area contributed by atoms with Crippen molar-refractivity contribution in [2.24, 2.45) is 0 Å². The fraction of sp³-hybridized carbons (Fsp3) is 0.316. The van der Waals surface area contributed by atoms with E-state index in [1.54, 1.807) is 0 Å². The Hall–Kier alpha value is -1.000. The summed E-state index contributed by atoms with van der Waals surface area (Å²) < 4.78 is 5.87. The second-order valence-corrected chi connectivity index (χ2v) is 6.70. The molecule has 24 heavy (non-hydrogen) atoms. The van der Waals surface area contributed by atoms with Gasteiger partial charge >= 0.3 is 29.6 Å². The Morgan fingerprint density at radius 1 is 1.12 bits per heavy atom. The molecule has 0 radical (unpaired) electrons. The third-order valence-electron chi connectivity index (χ3n) is 3.75. The molecule has 0 aromatic heterocycles. The van der Waals surface area contributed by atoms with Gasteiger partial charge in [0.05, 0.1) is 18.0 Å². The maximum atomic E-state index is 10.7. The van der Waals surface area contributed by atoms with Crippen molar-refractivity contribution >= 4 is 17.6 Å². The second kappa shape index (κ2) is 9.47. The molecule has 0 N–H and O–H groups in total. The first-order valence-electron chi connectivity index (χ1n) is 7.51. The summed E-state index contributed by atoms with van der Waals surface area (Å²) in [5.74, 6) is -0.506. The van der Waals surface area contributed by atoms with Crippen LogP contribution in [0.3, 0.4) is 0 Å². The maximum absolute atomic E-state index is 10.7. The predicted molar refractivity (Wildman–Crippen MR) is 89.8 cm³/mol. The van der Waals surface area contributed by atoms with Crippen LogP contribution in [0.4, 0.5) is 0 Å². The van der Waals surface area contributed by atoms with Crippen molar-refractivity contribution in [3.63, 3.8) is 0 Å². The molecule has 1 atom stereocenters. The normalized spacial score (nSPS) is 12.1. The van der Waals surface area contributed by atoms with Crippen LogP contribution in [-0.4, -0.2) is 18.0 Å². The first-order valence-corrected chi connectivity index (χ1v) is 7.94. The van der Waals surface area contributed by atoms with Crippen molar-refractivity contribution in [3.8, 4) is 5.75 Å². The summed E-state index contributed by atoms with van der Waals surface area (Å²) in [6.45, 7) is 4.82. The Balaban J connectivity index is 0.00000288. The monoisotopic (exact) mass is 354 g/mol. The molecule has 122 valence electrons. The van der Waals surface area contributed by atoms with Crippen LogP contribution in [0.15, 0.2) is 54.6 Å². The van der Waals surface area contributed by atoms with Crippen LogP contribution in [0.5, 0.6) is 5.75 Å². The molecule has 2 rings (SSSR count). The molecule has 3 nitrogen and oxygen atoms in total. The van der Waals surface area contributed by atoms with E-state index < -0.39 is 11.3 Å². The van der Waals surface area contributed by atoms with Crippen LogP contribution in [0.1, 0.15) is 25.0 Å². The van der Waals surface area contributed by atoms with Gasteiger partial charge in [0, 0.05) is 5.41 Å². The van der Waals surface area contributed by atoms with E-state index in [4.69, 9.17) is 16.3 Å². The number of hydrogen-bond acceptors (Lipinski definition) is 3. The number of carboxylic acid groups (broad SMARTS) is 1. The van der Waals surface area contributed by atoms with Gasteiger partial charge in [-0.15, -0.1) is 11.6 Å². The van der Waals surface area contributed by atoms with E-state index in [2.05, 4.69) is 26.0 Å². The standard InChI is InChI=1S/C19H21ClO3.Na/c1-19(2,15-6-4-3-5-7-15)13-23-16-10-8-14(9-11-16)12-17(20)18(21)22;/h3-11,17H,12-13H2,1-2H3,(H,21,22);/q;+1/p-1. The third-order valence-corrected chi connectivity index (χ3v) is 4.08. The van der Waals surface area contributed by atoms with Gasteiger partial charge in [0.15, 0.2) is 0 Å². The zero-order valence-electron chi connectivity index (χ0n) is 14.3. The zero-order chi connectivity index (χ0) is 16.9. The minimum absolute atomic E-state index is 0. The van der Waals surface area contributed by atoms with Crippen molar-refractivity contribution < 1.29 is 44.2 Å². The average molecular weight is 355 g/mol. The molecule has 0 saturated carbocycles. The quantitative estimate of drug-likeness (QED) is 0.517. The number of carbonyl (C=O) groups excluding carboxylic acids is 1. The molecule has 1 unspecified atom stereocenters. The predicted octanol–water partition coefficient (Wildman–Crippen LogP) is -0.0530. The molecule has 0 spiro atoms. The molecule has 0 fully saturated rings. The number of benzene rings is 2. The molecule has 5 heteroatoms. The molecule has 2 aromatic carbocycles. The molecule has 0 amide bonds. The smallest absolute Gasteiger partial charge is 0.549 e. The van der Waals surface area contributed by atoms with Gasteiger partial charge in [-0.3, -0.25) is 0 Å². The van der Waals surface area contributed by atoms with Crippen LogP contribution in [0.2, 0.25) is 0 Å². The molecule has 0 aliphatic rings. The summed E-state index contributed by atoms with van der Waals surface area (Å²) in [6.07, 6.45) is 0.236. The summed E-state index contributed by atoms with van der Waals surface area (Å²) in [5, 5.41) is 9.64. The van der Waals surface area contributed by atoms with Crippen LogP contribution >= 0.6 is 11.6 Å². The zero-order valence-corrected chi connectivity index (χ0v) is 17.0. The SMILES string of the molecule is CC(C)(COc1ccc(CC(Cl)C(=O)[O-])cc1)c1ccccc1.[Na+]. The number of halogens is 1. The third kappa shape index (κ3) is 6.14. The van der Waals surface area contributed by atoms with E-state index in [-0.39, 0.29) is 41.4 Å². The first kappa shape index (κ1) is 21.0. The Labute approximate surface area is 170 Å². The summed E-state index contributed by atoms with van der Waals surface area (Å²) in [5.41, 5.74) is 1.95. The molecule has 0 aliphatic carbocycles. The van der Waals surface area contributed by atoms with Gasteiger partial charge < -0.3 is 14.6 Å². The Kier molecular flexibility index (Phi) is 8.31. The van der Waals surface area contributed by atoms with Crippen LogP contribution in [-0.2, 0) is 16.6 Å². The van der Waals surface area contributed by atoms with E-state index in [1.807, 2.05) is 42.5 Å². The van der Waals surface area contributed by atoms with Crippen LogP contribution in [0, 0.1) is 0 Å². The van der Waals surface area contributed by atoms with Crippen molar-refractivity contribution in [1.82, 2.24) is 0 Å². The topological polar surface area (TPSA) is 49.4 Å². The van der Waals surface area contributed by atoms with E-state index in [0.29, 0.717) is 6.61 Å². The molecule has 0 aliphatic heterocycles. The number of aliphatic carboxylic acids is 1. The van der Waals surface area contributed by atoms with Crippen molar-refractivity contribution in [2.45, 2.75) is 31.1 Å². The van der Waals surface area contributed by atoms with Crippen molar-refractivity contribution in [2.75, 3.05) is 6.61 Å². The fourth-order valence-corrected chi connectivity index (χ4v) is 2.43. The van der Waals surface area contributed by atoms with E-state index in [1.165, 1.54) is 5.56 Å². The molecule has 0 heterocycles. The van der Waals surface area contributed by atoms with Crippen molar-refractivity contribution in [3.05, 3.63) is 65.7 Å². The maximum Gasteiger partial charge on any atom is 1.00 e. The van der Waals surface area contributed by atoms with Gasteiger partial charge in [-0.1, -0.05) is 56.3 Å². The van der Waals surface area contributed by atoms with Gasteiger partial charge in [-0.25, -0.2) is 0 Å². The summed E-state index contributed by atoms with van der Waals surface area (Å²) in [6, 6.07) is 17.5. The second-order valence-electron chi connectivity index (χ2n) is 6.17. The summed E-state index contributed by atoms with van der Waals surface area (Å²) >= 11 is 5.69. The average Bonchev–Trinajstić information content (AvgIpc) is 2.55. The number of rotatable bonds is 7. The molecule has 0 saturated heterocycles. The van der Waals surface area contributed by atoms with E-state index in [0.717, 1.165) is 11.3 Å². The first-order chi connectivity index (χ1) is 10.9. The van der Waals surface area contributed by atoms with Crippen molar-refractivity contribution in [1.29, 1.82) is 0 Å². The minimum Gasteiger partial charge on any atom is -0.549 e. The molecular weight excluding hydrogens is 335 g/mol. The van der Waals surface area contributed by atoms with Gasteiger partial charge in [0.25, 0.3) is 0 Å². The fourth-order valence-electron chi connectivity index (χ4n) is 2.25. The van der Waals surface area contributed by atoms with E-state index >= 15 is 0 Å². The number of carbonyl (C=O) groups is 1. The summed E-state index contributed by atoms with van der Waals surface area (Å²) in [7, 11) is 0. The Morgan fingerprint density at radius 2 is 1.71 bits per heavy atom. The number of ether oxygens (including phenoxy) is 1. The Morgan fingerprint density at radius 3 is 2.25 bits per heavy atom. The largest absolute Gasteiger partial charge is 1.00 e. The number of carboxylic acids is 1. The molecular formula is C19H20ClNaO3.